The predicted octanol–water partition coefficient (Wildman–Crippen LogP) is -0.194. The van der Waals surface area contributed by atoms with Crippen molar-refractivity contribution >= 4 is 23.8 Å². The molecule has 9 heteroatoms. The molecular formula is C17H28N4O5. The fourth-order valence-corrected chi connectivity index (χ4v) is 3.11. The number of esters is 1. The van der Waals surface area contributed by atoms with E-state index < -0.39 is 11.8 Å². The number of carbonyl (C=O) groups excluding carboxylic acids is 4. The molecule has 0 spiro atoms. The second-order valence-corrected chi connectivity index (χ2v) is 6.54. The number of piperazine rings is 1. The second-order valence-electron chi connectivity index (χ2n) is 6.54. The van der Waals surface area contributed by atoms with Crippen molar-refractivity contribution in [3.05, 3.63) is 0 Å². The van der Waals surface area contributed by atoms with E-state index in [1.165, 1.54) is 12.0 Å². The maximum Gasteiger partial charge on any atom is 0.317 e. The molecule has 2 fully saturated rings. The number of rotatable bonds is 5. The number of hydrogen-bond acceptors (Lipinski definition) is 5. The van der Waals surface area contributed by atoms with Crippen molar-refractivity contribution in [3.63, 3.8) is 0 Å². The van der Waals surface area contributed by atoms with Gasteiger partial charge in [-0.05, 0) is 25.7 Å². The molecule has 0 bridgehead atoms. The monoisotopic (exact) mass is 368 g/mol. The molecule has 1 N–H and O–H groups in total. The van der Waals surface area contributed by atoms with Crippen molar-refractivity contribution in [2.24, 2.45) is 0 Å². The van der Waals surface area contributed by atoms with Gasteiger partial charge in [-0.2, -0.15) is 0 Å². The van der Waals surface area contributed by atoms with Crippen LogP contribution < -0.4 is 5.32 Å². The molecule has 2 rings (SSSR count). The van der Waals surface area contributed by atoms with Crippen LogP contribution in [0.4, 0.5) is 4.79 Å². The first kappa shape index (κ1) is 20.0. The zero-order chi connectivity index (χ0) is 18.9. The van der Waals surface area contributed by atoms with E-state index in [4.69, 9.17) is 0 Å². The number of methoxy groups -OCH3 is 1. The zero-order valence-corrected chi connectivity index (χ0v) is 15.4. The molecule has 2 aliphatic heterocycles. The fourth-order valence-electron chi connectivity index (χ4n) is 3.11. The lowest BCUT2D eigenvalue weighted by Crippen LogP contribution is -2.55. The lowest BCUT2D eigenvalue weighted by atomic mass is 10.2. The molecule has 2 aliphatic rings. The summed E-state index contributed by atoms with van der Waals surface area (Å²) in [6.07, 6.45) is 3.61. The van der Waals surface area contributed by atoms with Gasteiger partial charge in [0.15, 0.2) is 0 Å². The zero-order valence-electron chi connectivity index (χ0n) is 15.4. The molecule has 0 atom stereocenters. The topological polar surface area (TPSA) is 99.3 Å². The summed E-state index contributed by atoms with van der Waals surface area (Å²) >= 11 is 0. The molecule has 0 aromatic heterocycles. The van der Waals surface area contributed by atoms with Crippen LogP contribution in [-0.2, 0) is 19.1 Å². The van der Waals surface area contributed by atoms with Crippen LogP contribution in [0, 0.1) is 0 Å². The Kier molecular flexibility index (Phi) is 7.68. The highest BCUT2D eigenvalue weighted by molar-refractivity contribution is 6.35. The molecule has 0 radical (unpaired) electrons. The van der Waals surface area contributed by atoms with Gasteiger partial charge in [-0.3, -0.25) is 14.4 Å². The lowest BCUT2D eigenvalue weighted by Gasteiger charge is -2.34. The van der Waals surface area contributed by atoms with E-state index in [1.54, 1.807) is 9.80 Å². The standard InChI is InChI=1S/C17H28N4O5/c1-26-14(22)6-2-3-7-18-17(25)21-12-10-20(11-13-21)16(24)15(23)19-8-4-5-9-19/h2-13H2,1H3,(H,18,25). The molecule has 26 heavy (non-hydrogen) atoms. The van der Waals surface area contributed by atoms with Crippen LogP contribution in [0.15, 0.2) is 0 Å². The summed E-state index contributed by atoms with van der Waals surface area (Å²) in [7, 11) is 1.35. The summed E-state index contributed by atoms with van der Waals surface area (Å²) in [5, 5.41) is 2.81. The van der Waals surface area contributed by atoms with Crippen molar-refractivity contribution in [2.45, 2.75) is 32.1 Å². The third-order valence-corrected chi connectivity index (χ3v) is 4.74. The van der Waals surface area contributed by atoms with Gasteiger partial charge < -0.3 is 24.8 Å². The Balaban J connectivity index is 1.64. The van der Waals surface area contributed by atoms with Gasteiger partial charge >= 0.3 is 23.8 Å². The molecule has 0 saturated carbocycles. The summed E-state index contributed by atoms with van der Waals surface area (Å²) in [6, 6.07) is -0.180. The van der Waals surface area contributed by atoms with Crippen LogP contribution in [0.5, 0.6) is 0 Å². The minimum Gasteiger partial charge on any atom is -0.469 e. The highest BCUT2D eigenvalue weighted by atomic mass is 16.5. The Bertz CT molecular complexity index is 525. The van der Waals surface area contributed by atoms with Crippen LogP contribution in [0.2, 0.25) is 0 Å². The Labute approximate surface area is 153 Å². The smallest absolute Gasteiger partial charge is 0.317 e. The maximum absolute atomic E-state index is 12.3. The Hall–Kier alpha value is -2.32. The van der Waals surface area contributed by atoms with Crippen LogP contribution in [0.25, 0.3) is 0 Å². The summed E-state index contributed by atoms with van der Waals surface area (Å²) < 4.78 is 4.56. The highest BCUT2D eigenvalue weighted by Gasteiger charge is 2.31. The van der Waals surface area contributed by atoms with Gasteiger partial charge in [-0.15, -0.1) is 0 Å². The number of likely N-dealkylation sites (tertiary alicyclic amines) is 1. The van der Waals surface area contributed by atoms with Gasteiger partial charge in [0, 0.05) is 52.2 Å². The summed E-state index contributed by atoms with van der Waals surface area (Å²) in [4.78, 5) is 52.3. The van der Waals surface area contributed by atoms with Gasteiger partial charge in [0.2, 0.25) is 0 Å². The van der Waals surface area contributed by atoms with E-state index in [2.05, 4.69) is 10.1 Å². The van der Waals surface area contributed by atoms with Crippen molar-refractivity contribution in [3.8, 4) is 0 Å². The number of unbranched alkanes of at least 4 members (excludes halogenated alkanes) is 1. The number of urea groups is 1. The number of nitrogens with zero attached hydrogens (tertiary/aromatic N) is 3. The van der Waals surface area contributed by atoms with Crippen LogP contribution in [0.3, 0.4) is 0 Å². The summed E-state index contributed by atoms with van der Waals surface area (Å²) in [5.74, 6) is -1.14. The van der Waals surface area contributed by atoms with E-state index in [0.29, 0.717) is 65.1 Å². The first-order chi connectivity index (χ1) is 12.5. The molecule has 146 valence electrons. The SMILES string of the molecule is COC(=O)CCCCNC(=O)N1CCN(C(=O)C(=O)N2CCCC2)CC1. The second kappa shape index (κ2) is 9.98. The number of ether oxygens (including phenoxy) is 1. The Morgan fingerprint density at radius 2 is 1.35 bits per heavy atom. The average Bonchev–Trinajstić information content (AvgIpc) is 3.21. The highest BCUT2D eigenvalue weighted by Crippen LogP contribution is 2.10. The minimum atomic E-state index is -0.463. The fraction of sp³-hybridized carbons (Fsp3) is 0.765. The Morgan fingerprint density at radius 1 is 0.808 bits per heavy atom. The first-order valence-electron chi connectivity index (χ1n) is 9.20. The van der Waals surface area contributed by atoms with Crippen molar-refractivity contribution in [1.82, 2.24) is 20.0 Å². The van der Waals surface area contributed by atoms with E-state index in [9.17, 15) is 19.2 Å². The third kappa shape index (κ3) is 5.60. The number of nitrogens with one attached hydrogen (secondary N) is 1. The molecular weight excluding hydrogens is 340 g/mol. The van der Waals surface area contributed by atoms with E-state index in [1.807, 2.05) is 0 Å². The van der Waals surface area contributed by atoms with Gasteiger partial charge in [0.1, 0.15) is 0 Å². The van der Waals surface area contributed by atoms with Gasteiger partial charge in [0.05, 0.1) is 7.11 Å². The van der Waals surface area contributed by atoms with Crippen LogP contribution in [-0.4, -0.2) is 91.4 Å². The maximum atomic E-state index is 12.3. The van der Waals surface area contributed by atoms with E-state index >= 15 is 0 Å². The molecule has 0 aliphatic carbocycles. The molecule has 2 saturated heterocycles. The third-order valence-electron chi connectivity index (χ3n) is 4.74. The molecule has 9 nitrogen and oxygen atoms in total. The van der Waals surface area contributed by atoms with Gasteiger partial charge in [-0.25, -0.2) is 4.79 Å². The molecule has 0 unspecified atom stereocenters. The normalized spacial score (nSPS) is 17.2. The van der Waals surface area contributed by atoms with Crippen molar-refractivity contribution < 1.29 is 23.9 Å². The van der Waals surface area contributed by atoms with E-state index in [-0.39, 0.29) is 12.0 Å². The lowest BCUT2D eigenvalue weighted by molar-refractivity contribution is -0.152. The van der Waals surface area contributed by atoms with E-state index in [0.717, 1.165) is 12.8 Å². The van der Waals surface area contributed by atoms with Crippen LogP contribution in [0.1, 0.15) is 32.1 Å². The van der Waals surface area contributed by atoms with Gasteiger partial charge in [-0.1, -0.05) is 0 Å². The van der Waals surface area contributed by atoms with Crippen LogP contribution >= 0.6 is 0 Å². The quantitative estimate of drug-likeness (QED) is 0.412. The first-order valence-corrected chi connectivity index (χ1v) is 9.20. The minimum absolute atomic E-state index is 0.180. The van der Waals surface area contributed by atoms with Crippen molar-refractivity contribution in [1.29, 1.82) is 0 Å². The number of hydrogen-bond donors (Lipinski definition) is 1. The van der Waals surface area contributed by atoms with Crippen molar-refractivity contribution in [2.75, 3.05) is 52.9 Å². The molecule has 2 heterocycles. The summed E-state index contributed by atoms with van der Waals surface area (Å²) in [5.41, 5.74) is 0. The molecule has 0 aromatic rings. The molecule has 0 aromatic carbocycles. The number of amides is 4. The average molecular weight is 368 g/mol. The molecule has 4 amide bonds. The van der Waals surface area contributed by atoms with Gasteiger partial charge in [0.25, 0.3) is 0 Å². The Morgan fingerprint density at radius 3 is 1.92 bits per heavy atom. The number of carbonyl (C=O) groups is 4. The summed E-state index contributed by atoms with van der Waals surface area (Å²) in [6.45, 7) is 3.36. The predicted molar refractivity (Wildman–Crippen MR) is 93.2 cm³/mol. The largest absolute Gasteiger partial charge is 0.469 e.